The Morgan fingerprint density at radius 2 is 2.11 bits per heavy atom. The molecule has 102 valence electrons. The summed E-state index contributed by atoms with van der Waals surface area (Å²) in [6.45, 7) is 4.46. The van der Waals surface area contributed by atoms with Crippen molar-refractivity contribution in [2.45, 2.75) is 32.6 Å². The summed E-state index contributed by atoms with van der Waals surface area (Å²) in [5, 5.41) is 3.20. The molecule has 18 heavy (non-hydrogen) atoms. The summed E-state index contributed by atoms with van der Waals surface area (Å²) in [4.78, 5) is 8.43. The Balaban J connectivity index is 2.20. The highest BCUT2D eigenvalue weighted by atomic mass is 16.5. The summed E-state index contributed by atoms with van der Waals surface area (Å²) < 4.78 is 10.4. The van der Waals surface area contributed by atoms with Crippen molar-refractivity contribution < 1.29 is 9.47 Å². The van der Waals surface area contributed by atoms with Crippen LogP contribution in [0.25, 0.3) is 0 Å². The van der Waals surface area contributed by atoms with Gasteiger partial charge in [0.2, 0.25) is 11.8 Å². The third-order valence-electron chi connectivity index (χ3n) is 2.39. The fourth-order valence-electron chi connectivity index (χ4n) is 1.46. The minimum Gasteiger partial charge on any atom is -0.478 e. The molecule has 0 spiro atoms. The fraction of sp³-hybridized carbons (Fsp3) is 0.692. The van der Waals surface area contributed by atoms with Crippen LogP contribution in [0.5, 0.6) is 5.88 Å². The van der Waals surface area contributed by atoms with Crippen LogP contribution in [0.1, 0.15) is 32.6 Å². The largest absolute Gasteiger partial charge is 0.478 e. The standard InChI is InChI=1S/C13H23N3O2/c1-3-10-18-12-7-9-15-13(16-12)14-8-5-4-6-11-17-2/h7,9H,3-6,8,10-11H2,1-2H3,(H,14,15,16). The van der Waals surface area contributed by atoms with E-state index in [2.05, 4.69) is 22.2 Å². The molecule has 0 fully saturated rings. The lowest BCUT2D eigenvalue weighted by atomic mass is 10.2. The highest BCUT2D eigenvalue weighted by Gasteiger charge is 1.99. The zero-order valence-electron chi connectivity index (χ0n) is 11.3. The highest BCUT2D eigenvalue weighted by molar-refractivity contribution is 5.27. The molecule has 0 aliphatic carbocycles. The number of unbranched alkanes of at least 4 members (excludes halogenated alkanes) is 2. The van der Waals surface area contributed by atoms with Gasteiger partial charge in [-0.25, -0.2) is 4.98 Å². The second-order valence-electron chi connectivity index (χ2n) is 4.05. The minimum absolute atomic E-state index is 0.633. The first-order valence-corrected chi connectivity index (χ1v) is 6.55. The minimum atomic E-state index is 0.633. The van der Waals surface area contributed by atoms with Crippen LogP contribution in [0.3, 0.4) is 0 Å². The highest BCUT2D eigenvalue weighted by Crippen LogP contribution is 2.08. The van der Waals surface area contributed by atoms with E-state index in [4.69, 9.17) is 9.47 Å². The number of rotatable bonds is 10. The van der Waals surface area contributed by atoms with Gasteiger partial charge in [-0.15, -0.1) is 0 Å². The van der Waals surface area contributed by atoms with Gasteiger partial charge in [0.15, 0.2) is 0 Å². The Labute approximate surface area is 109 Å². The summed E-state index contributed by atoms with van der Waals surface area (Å²) in [5.41, 5.74) is 0. The number of nitrogens with zero attached hydrogens (tertiary/aromatic N) is 2. The summed E-state index contributed by atoms with van der Waals surface area (Å²) in [5.74, 6) is 1.27. The molecule has 1 aromatic heterocycles. The molecule has 1 N–H and O–H groups in total. The van der Waals surface area contributed by atoms with Gasteiger partial charge in [0.1, 0.15) is 0 Å². The Morgan fingerprint density at radius 3 is 2.89 bits per heavy atom. The number of hydrogen-bond acceptors (Lipinski definition) is 5. The predicted octanol–water partition coefficient (Wildman–Crippen LogP) is 2.49. The van der Waals surface area contributed by atoms with Crippen LogP contribution in [0, 0.1) is 0 Å². The second kappa shape index (κ2) is 9.65. The first-order chi connectivity index (χ1) is 8.86. The average molecular weight is 253 g/mol. The number of nitrogens with one attached hydrogen (secondary N) is 1. The maximum Gasteiger partial charge on any atom is 0.225 e. The average Bonchev–Trinajstić information content (AvgIpc) is 2.41. The van der Waals surface area contributed by atoms with Crippen LogP contribution in [0.4, 0.5) is 5.95 Å². The molecule has 0 aliphatic rings. The van der Waals surface area contributed by atoms with Crippen molar-refractivity contribution in [2.24, 2.45) is 0 Å². The predicted molar refractivity (Wildman–Crippen MR) is 72.0 cm³/mol. The third kappa shape index (κ3) is 6.39. The van der Waals surface area contributed by atoms with E-state index in [0.29, 0.717) is 18.4 Å². The molecule has 1 rings (SSSR count). The van der Waals surface area contributed by atoms with E-state index in [1.54, 1.807) is 19.4 Å². The Hall–Kier alpha value is -1.36. The van der Waals surface area contributed by atoms with E-state index in [9.17, 15) is 0 Å². The van der Waals surface area contributed by atoms with Gasteiger partial charge in [0.05, 0.1) is 6.61 Å². The van der Waals surface area contributed by atoms with Gasteiger partial charge in [-0.05, 0) is 25.7 Å². The smallest absolute Gasteiger partial charge is 0.225 e. The molecule has 1 heterocycles. The van der Waals surface area contributed by atoms with Crippen molar-refractivity contribution in [1.29, 1.82) is 0 Å². The quantitative estimate of drug-likeness (QED) is 0.649. The van der Waals surface area contributed by atoms with E-state index < -0.39 is 0 Å². The summed E-state index contributed by atoms with van der Waals surface area (Å²) in [6.07, 6.45) is 6.02. The molecule has 0 bridgehead atoms. The monoisotopic (exact) mass is 253 g/mol. The third-order valence-corrected chi connectivity index (χ3v) is 2.39. The lowest BCUT2D eigenvalue weighted by Crippen LogP contribution is -2.07. The zero-order chi connectivity index (χ0) is 13.1. The molecule has 0 atom stereocenters. The van der Waals surface area contributed by atoms with Crippen LogP contribution in [0.15, 0.2) is 12.3 Å². The Bertz CT molecular complexity index is 321. The van der Waals surface area contributed by atoms with E-state index in [-0.39, 0.29) is 0 Å². The first-order valence-electron chi connectivity index (χ1n) is 6.55. The molecular formula is C13H23N3O2. The lowest BCUT2D eigenvalue weighted by Gasteiger charge is -2.07. The van der Waals surface area contributed by atoms with E-state index in [1.807, 2.05) is 0 Å². The normalized spacial score (nSPS) is 10.3. The maximum absolute atomic E-state index is 5.45. The van der Waals surface area contributed by atoms with Gasteiger partial charge < -0.3 is 14.8 Å². The Kier molecular flexibility index (Phi) is 7.88. The zero-order valence-corrected chi connectivity index (χ0v) is 11.3. The molecular weight excluding hydrogens is 230 g/mol. The molecule has 5 nitrogen and oxygen atoms in total. The molecule has 0 saturated carbocycles. The van der Waals surface area contributed by atoms with Crippen LogP contribution in [-0.4, -0.2) is 36.8 Å². The number of anilines is 1. The van der Waals surface area contributed by atoms with Crippen molar-refractivity contribution >= 4 is 5.95 Å². The molecule has 0 aromatic carbocycles. The van der Waals surface area contributed by atoms with Crippen molar-refractivity contribution in [1.82, 2.24) is 9.97 Å². The fourth-order valence-corrected chi connectivity index (χ4v) is 1.46. The van der Waals surface area contributed by atoms with Crippen molar-refractivity contribution in [2.75, 3.05) is 32.2 Å². The maximum atomic E-state index is 5.45. The SMILES string of the molecule is CCCOc1ccnc(NCCCCCOC)n1. The molecule has 0 unspecified atom stereocenters. The van der Waals surface area contributed by atoms with Crippen LogP contribution >= 0.6 is 0 Å². The molecule has 0 saturated heterocycles. The van der Waals surface area contributed by atoms with E-state index >= 15 is 0 Å². The molecule has 5 heteroatoms. The summed E-state index contributed by atoms with van der Waals surface area (Å²) in [7, 11) is 1.73. The topological polar surface area (TPSA) is 56.3 Å². The number of aromatic nitrogens is 2. The van der Waals surface area contributed by atoms with Crippen LogP contribution in [-0.2, 0) is 4.74 Å². The number of ether oxygens (including phenoxy) is 2. The lowest BCUT2D eigenvalue weighted by molar-refractivity contribution is 0.192. The molecule has 1 aromatic rings. The molecule has 0 amide bonds. The summed E-state index contributed by atoms with van der Waals surface area (Å²) in [6, 6.07) is 1.78. The van der Waals surface area contributed by atoms with E-state index in [0.717, 1.165) is 38.8 Å². The van der Waals surface area contributed by atoms with Gasteiger partial charge in [-0.1, -0.05) is 6.92 Å². The Morgan fingerprint density at radius 1 is 1.22 bits per heavy atom. The van der Waals surface area contributed by atoms with Crippen molar-refractivity contribution in [3.8, 4) is 5.88 Å². The van der Waals surface area contributed by atoms with Gasteiger partial charge >= 0.3 is 0 Å². The van der Waals surface area contributed by atoms with Gasteiger partial charge in [-0.3, -0.25) is 0 Å². The van der Waals surface area contributed by atoms with Crippen LogP contribution < -0.4 is 10.1 Å². The molecule has 0 aliphatic heterocycles. The van der Waals surface area contributed by atoms with E-state index in [1.165, 1.54) is 0 Å². The van der Waals surface area contributed by atoms with Gasteiger partial charge in [0, 0.05) is 32.5 Å². The van der Waals surface area contributed by atoms with Gasteiger partial charge in [0.25, 0.3) is 0 Å². The molecule has 0 radical (unpaired) electrons. The van der Waals surface area contributed by atoms with Gasteiger partial charge in [-0.2, -0.15) is 4.98 Å². The summed E-state index contributed by atoms with van der Waals surface area (Å²) >= 11 is 0. The second-order valence-corrected chi connectivity index (χ2v) is 4.05. The first kappa shape index (κ1) is 14.7. The van der Waals surface area contributed by atoms with Crippen molar-refractivity contribution in [3.05, 3.63) is 12.3 Å². The number of hydrogen-bond donors (Lipinski definition) is 1. The number of methoxy groups -OCH3 is 1. The van der Waals surface area contributed by atoms with Crippen LogP contribution in [0.2, 0.25) is 0 Å². The van der Waals surface area contributed by atoms with Crippen molar-refractivity contribution in [3.63, 3.8) is 0 Å².